The van der Waals surface area contributed by atoms with Crippen LogP contribution in [0.2, 0.25) is 0 Å². The van der Waals surface area contributed by atoms with E-state index in [-0.39, 0.29) is 5.97 Å². The molecule has 2 rings (SSSR count). The van der Waals surface area contributed by atoms with E-state index in [2.05, 4.69) is 5.32 Å². The molecule has 0 aromatic heterocycles. The van der Waals surface area contributed by atoms with Crippen LogP contribution in [-0.2, 0) is 14.3 Å². The van der Waals surface area contributed by atoms with Crippen LogP contribution in [0.25, 0.3) is 0 Å². The first-order valence-electron chi connectivity index (χ1n) is 6.69. The van der Waals surface area contributed by atoms with Crippen molar-refractivity contribution in [2.45, 2.75) is 36.5 Å². The van der Waals surface area contributed by atoms with Gasteiger partial charge in [0.15, 0.2) is 0 Å². The number of nitrogens with one attached hydrogen (secondary N) is 1. The lowest BCUT2D eigenvalue weighted by atomic mass is 9.96. The Bertz CT molecular complexity index is 290. The van der Waals surface area contributed by atoms with Gasteiger partial charge in [-0.2, -0.15) is 11.8 Å². The zero-order valence-corrected chi connectivity index (χ0v) is 12.1. The van der Waals surface area contributed by atoms with Crippen molar-refractivity contribution >= 4 is 17.7 Å². The van der Waals surface area contributed by atoms with E-state index in [0.29, 0.717) is 11.2 Å². The summed E-state index contributed by atoms with van der Waals surface area (Å²) in [5.74, 6) is 1.15. The first-order valence-corrected chi connectivity index (χ1v) is 7.74. The van der Waals surface area contributed by atoms with E-state index in [9.17, 15) is 4.79 Å². The van der Waals surface area contributed by atoms with Gasteiger partial charge in [0.05, 0.1) is 7.11 Å². The van der Waals surface area contributed by atoms with Crippen LogP contribution in [0.4, 0.5) is 0 Å². The Morgan fingerprint density at radius 3 is 2.56 bits per heavy atom. The number of ether oxygens (including phenoxy) is 2. The average molecular weight is 273 g/mol. The van der Waals surface area contributed by atoms with Crippen LogP contribution in [0.1, 0.15) is 25.7 Å². The van der Waals surface area contributed by atoms with Crippen LogP contribution in [-0.4, -0.2) is 49.9 Å². The van der Waals surface area contributed by atoms with Gasteiger partial charge in [-0.15, -0.1) is 0 Å². The van der Waals surface area contributed by atoms with Crippen LogP contribution in [0.15, 0.2) is 0 Å². The minimum Gasteiger partial charge on any atom is -0.468 e. The Morgan fingerprint density at radius 2 is 2.06 bits per heavy atom. The molecule has 0 radical (unpaired) electrons. The summed E-state index contributed by atoms with van der Waals surface area (Å²) in [7, 11) is 3.36. The highest BCUT2D eigenvalue weighted by Crippen LogP contribution is 2.43. The van der Waals surface area contributed by atoms with Crippen molar-refractivity contribution in [2.75, 3.05) is 33.1 Å². The van der Waals surface area contributed by atoms with Gasteiger partial charge in [0.2, 0.25) is 0 Å². The molecular weight excluding hydrogens is 250 g/mol. The van der Waals surface area contributed by atoms with E-state index in [1.165, 1.54) is 7.11 Å². The molecule has 18 heavy (non-hydrogen) atoms. The summed E-state index contributed by atoms with van der Waals surface area (Å²) in [6.45, 7) is 1.71. The van der Waals surface area contributed by atoms with Gasteiger partial charge < -0.3 is 14.8 Å². The molecule has 4 nitrogen and oxygen atoms in total. The summed E-state index contributed by atoms with van der Waals surface area (Å²) in [5.41, 5.74) is -0.474. The Kier molecular flexibility index (Phi) is 4.92. The third-order valence-corrected chi connectivity index (χ3v) is 5.55. The van der Waals surface area contributed by atoms with Crippen molar-refractivity contribution in [3.05, 3.63) is 0 Å². The number of rotatable bonds is 6. The summed E-state index contributed by atoms with van der Waals surface area (Å²) in [6, 6.07) is 0. The second-order valence-corrected chi connectivity index (χ2v) is 6.40. The number of likely N-dealkylation sites (N-methyl/N-ethyl adjacent to an activating group) is 1. The Labute approximate surface area is 113 Å². The number of carbonyl (C=O) groups excluding carboxylic acids is 1. The quantitative estimate of drug-likeness (QED) is 0.742. The molecule has 104 valence electrons. The molecule has 2 fully saturated rings. The molecule has 0 aromatic rings. The fourth-order valence-electron chi connectivity index (χ4n) is 2.57. The molecule has 0 spiro atoms. The number of methoxy groups -OCH3 is 1. The molecule has 0 aromatic carbocycles. The summed E-state index contributed by atoms with van der Waals surface area (Å²) in [6.07, 6.45) is 4.45. The summed E-state index contributed by atoms with van der Waals surface area (Å²) in [4.78, 5) is 12.1. The minimum absolute atomic E-state index is 0.105. The van der Waals surface area contributed by atoms with Gasteiger partial charge in [0.1, 0.15) is 5.54 Å². The second kappa shape index (κ2) is 6.26. The summed E-state index contributed by atoms with van der Waals surface area (Å²) >= 11 is 1.90. The van der Waals surface area contributed by atoms with Crippen LogP contribution < -0.4 is 5.32 Å². The summed E-state index contributed by atoms with van der Waals surface area (Å²) in [5, 5.41) is 3.86. The highest BCUT2D eigenvalue weighted by molar-refractivity contribution is 8.00. The van der Waals surface area contributed by atoms with Crippen molar-refractivity contribution in [3.63, 3.8) is 0 Å². The van der Waals surface area contributed by atoms with Gasteiger partial charge >= 0.3 is 5.97 Å². The summed E-state index contributed by atoms with van der Waals surface area (Å²) < 4.78 is 10.4. The Hall–Kier alpha value is -0.260. The Morgan fingerprint density at radius 1 is 1.39 bits per heavy atom. The normalized spacial score (nSPS) is 24.6. The molecule has 1 atom stereocenters. The molecule has 0 amide bonds. The lowest BCUT2D eigenvalue weighted by Crippen LogP contribution is -2.55. The van der Waals surface area contributed by atoms with Crippen LogP contribution in [0.5, 0.6) is 0 Å². The standard InChI is InChI=1S/C13H23NO3S/c1-14-13(10-3-4-10,12(15)16-2)9-18-11-5-7-17-8-6-11/h10-11,14H,3-9H2,1-2H3. The molecule has 2 aliphatic rings. The van der Waals surface area contributed by atoms with Gasteiger partial charge in [-0.1, -0.05) is 0 Å². The maximum Gasteiger partial charge on any atom is 0.327 e. The topological polar surface area (TPSA) is 47.6 Å². The number of esters is 1. The van der Waals surface area contributed by atoms with Crippen LogP contribution >= 0.6 is 11.8 Å². The molecule has 1 aliphatic carbocycles. The van der Waals surface area contributed by atoms with Gasteiger partial charge in [0.25, 0.3) is 0 Å². The Balaban J connectivity index is 1.93. The molecule has 1 saturated carbocycles. The molecular formula is C13H23NO3S. The van der Waals surface area contributed by atoms with Crippen LogP contribution in [0.3, 0.4) is 0 Å². The van der Waals surface area contributed by atoms with Crippen LogP contribution in [0, 0.1) is 5.92 Å². The lowest BCUT2D eigenvalue weighted by Gasteiger charge is -2.32. The molecule has 5 heteroatoms. The van der Waals surface area contributed by atoms with E-state index in [1.807, 2.05) is 18.8 Å². The smallest absolute Gasteiger partial charge is 0.327 e. The maximum absolute atomic E-state index is 12.1. The molecule has 1 N–H and O–H groups in total. The lowest BCUT2D eigenvalue weighted by molar-refractivity contribution is -0.148. The SMILES string of the molecule is CNC(CSC1CCOCC1)(C(=O)OC)C1CC1. The van der Waals surface area contributed by atoms with Crippen molar-refractivity contribution in [2.24, 2.45) is 5.92 Å². The van der Waals surface area contributed by atoms with Crippen molar-refractivity contribution < 1.29 is 14.3 Å². The number of hydrogen-bond acceptors (Lipinski definition) is 5. The minimum atomic E-state index is -0.474. The highest BCUT2D eigenvalue weighted by atomic mass is 32.2. The fraction of sp³-hybridized carbons (Fsp3) is 0.923. The predicted octanol–water partition coefficient (Wildman–Crippen LogP) is 1.44. The van der Waals surface area contributed by atoms with E-state index in [1.54, 1.807) is 0 Å². The molecule has 1 unspecified atom stereocenters. The number of carbonyl (C=O) groups is 1. The number of hydrogen-bond donors (Lipinski definition) is 1. The monoisotopic (exact) mass is 273 g/mol. The largest absolute Gasteiger partial charge is 0.468 e. The van der Waals surface area contributed by atoms with Crippen molar-refractivity contribution in [1.29, 1.82) is 0 Å². The van der Waals surface area contributed by atoms with E-state index in [4.69, 9.17) is 9.47 Å². The van der Waals surface area contributed by atoms with Gasteiger partial charge in [-0.3, -0.25) is 4.79 Å². The maximum atomic E-state index is 12.1. The predicted molar refractivity (Wildman–Crippen MR) is 72.8 cm³/mol. The van der Waals surface area contributed by atoms with Crippen molar-refractivity contribution in [1.82, 2.24) is 5.32 Å². The molecule has 1 heterocycles. The van der Waals surface area contributed by atoms with Gasteiger partial charge in [0, 0.05) is 24.2 Å². The molecule has 0 bridgehead atoms. The first-order chi connectivity index (χ1) is 8.73. The average Bonchev–Trinajstić information content (AvgIpc) is 3.26. The molecule has 1 saturated heterocycles. The van der Waals surface area contributed by atoms with E-state index in [0.717, 1.165) is 44.6 Å². The number of thioether (sulfide) groups is 1. The third-order valence-electron chi connectivity index (χ3n) is 3.99. The second-order valence-electron chi connectivity index (χ2n) is 5.11. The van der Waals surface area contributed by atoms with Crippen molar-refractivity contribution in [3.8, 4) is 0 Å². The van der Waals surface area contributed by atoms with Gasteiger partial charge in [-0.25, -0.2) is 0 Å². The third kappa shape index (κ3) is 3.00. The van der Waals surface area contributed by atoms with Gasteiger partial charge in [-0.05, 0) is 38.6 Å². The molecule has 1 aliphatic heterocycles. The fourth-order valence-corrected chi connectivity index (χ4v) is 4.09. The van der Waals surface area contributed by atoms with E-state index >= 15 is 0 Å². The zero-order chi connectivity index (χ0) is 13.0. The first kappa shape index (κ1) is 14.2. The zero-order valence-electron chi connectivity index (χ0n) is 11.2. The van der Waals surface area contributed by atoms with E-state index < -0.39 is 5.54 Å². The highest BCUT2D eigenvalue weighted by Gasteiger charge is 2.51.